The molecule has 4 nitrogen and oxygen atoms in total. The van der Waals surface area contributed by atoms with E-state index >= 15 is 0 Å². The van der Waals surface area contributed by atoms with Crippen LogP contribution in [0.1, 0.15) is 41.5 Å². The number of ether oxygens (including phenoxy) is 2. The van der Waals surface area contributed by atoms with Gasteiger partial charge in [0.1, 0.15) is 20.6 Å². The molecule has 2 aliphatic heterocycles. The molecule has 0 unspecified atom stereocenters. The van der Waals surface area contributed by atoms with Gasteiger partial charge in [-0.05, 0) is 36.3 Å². The Morgan fingerprint density at radius 2 is 1.33 bits per heavy atom. The predicted molar refractivity (Wildman–Crippen MR) is 103 cm³/mol. The van der Waals surface area contributed by atoms with Gasteiger partial charge in [0.15, 0.2) is 16.6 Å². The maximum Gasteiger partial charge on any atom is 0.220 e. The topological polar surface area (TPSA) is 40.2 Å². The van der Waals surface area contributed by atoms with Crippen LogP contribution in [-0.4, -0.2) is 55.1 Å². The standard InChI is InChI=1S/C17H35BO4Si2/c1-15(2,3)23(7,8)21-12-13(17(11-19-17)20-14(12)18)22-24(9,10)16(4,5)6/h12-14H,11H2,1-10H3/t12-,13+,14-,17+/m1/s1. The largest absolute Gasteiger partial charge is 0.409 e. The zero-order chi connectivity index (χ0) is 18.8. The van der Waals surface area contributed by atoms with Crippen molar-refractivity contribution in [3.63, 3.8) is 0 Å². The van der Waals surface area contributed by atoms with Crippen molar-refractivity contribution in [2.24, 2.45) is 0 Å². The number of rotatable bonds is 4. The fourth-order valence-electron chi connectivity index (χ4n) is 2.39. The molecule has 2 fully saturated rings. The van der Waals surface area contributed by atoms with Crippen LogP contribution in [0.2, 0.25) is 36.3 Å². The summed E-state index contributed by atoms with van der Waals surface area (Å²) in [4.78, 5) is 0. The average Bonchev–Trinajstić information content (AvgIpc) is 3.06. The summed E-state index contributed by atoms with van der Waals surface area (Å²) < 4.78 is 24.9. The fraction of sp³-hybridized carbons (Fsp3) is 1.00. The summed E-state index contributed by atoms with van der Waals surface area (Å²) in [5.74, 6) is -0.692. The van der Waals surface area contributed by atoms with Crippen LogP contribution in [0.15, 0.2) is 0 Å². The van der Waals surface area contributed by atoms with E-state index in [4.69, 9.17) is 26.2 Å². The van der Waals surface area contributed by atoms with E-state index in [0.29, 0.717) is 6.61 Å². The second-order valence-electron chi connectivity index (χ2n) is 10.3. The third-order valence-corrected chi connectivity index (χ3v) is 15.2. The van der Waals surface area contributed by atoms with Gasteiger partial charge in [0.05, 0.1) is 6.10 Å². The molecule has 0 aromatic heterocycles. The Labute approximate surface area is 151 Å². The summed E-state index contributed by atoms with van der Waals surface area (Å²) in [6.07, 6.45) is -0.523. The lowest BCUT2D eigenvalue weighted by atomic mass is 9.93. The number of hydrogen-bond donors (Lipinski definition) is 0. The van der Waals surface area contributed by atoms with E-state index in [0.717, 1.165) is 0 Å². The van der Waals surface area contributed by atoms with Crippen LogP contribution >= 0.6 is 0 Å². The van der Waals surface area contributed by atoms with E-state index in [1.165, 1.54) is 0 Å². The molecule has 0 aromatic rings. The summed E-state index contributed by atoms with van der Waals surface area (Å²) in [6, 6.07) is -0.503. The molecule has 138 valence electrons. The lowest BCUT2D eigenvalue weighted by Crippen LogP contribution is -2.54. The van der Waals surface area contributed by atoms with E-state index in [2.05, 4.69) is 67.7 Å². The highest BCUT2D eigenvalue weighted by atomic mass is 28.4. The smallest absolute Gasteiger partial charge is 0.220 e. The van der Waals surface area contributed by atoms with Gasteiger partial charge < -0.3 is 18.3 Å². The minimum Gasteiger partial charge on any atom is -0.409 e. The molecule has 0 bridgehead atoms. The highest BCUT2D eigenvalue weighted by molar-refractivity contribution is 6.74. The second kappa shape index (κ2) is 5.92. The van der Waals surface area contributed by atoms with Crippen LogP contribution in [0.5, 0.6) is 0 Å². The molecule has 7 heteroatoms. The molecule has 0 aromatic carbocycles. The van der Waals surface area contributed by atoms with Gasteiger partial charge in [-0.1, -0.05) is 41.5 Å². The molecule has 1 spiro atoms. The summed E-state index contributed by atoms with van der Waals surface area (Å²) >= 11 is 0. The van der Waals surface area contributed by atoms with E-state index in [-0.39, 0.29) is 22.3 Å². The van der Waals surface area contributed by atoms with Gasteiger partial charge in [-0.3, -0.25) is 0 Å². The first-order valence-corrected chi connectivity index (χ1v) is 14.8. The highest BCUT2D eigenvalue weighted by Crippen LogP contribution is 2.50. The molecule has 2 heterocycles. The van der Waals surface area contributed by atoms with Gasteiger partial charge >= 0.3 is 0 Å². The summed E-state index contributed by atoms with van der Waals surface area (Å²) in [7, 11) is 2.31. The van der Waals surface area contributed by atoms with Gasteiger partial charge in [0.25, 0.3) is 0 Å². The van der Waals surface area contributed by atoms with Gasteiger partial charge in [0, 0.05) is 6.00 Å². The van der Waals surface area contributed by atoms with Crippen molar-refractivity contribution in [3.05, 3.63) is 0 Å². The SMILES string of the molecule is [B][C@@H]1O[C@@]2(CO2)[C@@H](O[Si](C)(C)C(C)(C)C)[C@H]1O[Si](C)(C)C(C)(C)C. The molecule has 2 rings (SSSR count). The molecule has 0 saturated carbocycles. The van der Waals surface area contributed by atoms with Crippen molar-refractivity contribution in [2.75, 3.05) is 6.61 Å². The van der Waals surface area contributed by atoms with Crippen LogP contribution in [0.25, 0.3) is 0 Å². The van der Waals surface area contributed by atoms with Gasteiger partial charge in [0.2, 0.25) is 5.79 Å². The Morgan fingerprint density at radius 1 is 0.917 bits per heavy atom. The molecule has 2 aliphatic rings. The van der Waals surface area contributed by atoms with E-state index < -0.39 is 28.4 Å². The third kappa shape index (κ3) is 3.71. The average molecular weight is 370 g/mol. The molecule has 0 amide bonds. The predicted octanol–water partition coefficient (Wildman–Crippen LogP) is 4.02. The van der Waals surface area contributed by atoms with Crippen LogP contribution in [-0.2, 0) is 18.3 Å². The number of hydrogen-bond acceptors (Lipinski definition) is 4. The Bertz CT molecular complexity index is 478. The zero-order valence-electron chi connectivity index (χ0n) is 17.1. The maximum atomic E-state index is 6.69. The van der Waals surface area contributed by atoms with Crippen LogP contribution in [0.3, 0.4) is 0 Å². The molecule has 24 heavy (non-hydrogen) atoms. The Hall–Kier alpha value is 0.339. The van der Waals surface area contributed by atoms with Crippen molar-refractivity contribution in [1.29, 1.82) is 0 Å². The molecule has 2 radical (unpaired) electrons. The third-order valence-electron chi connectivity index (χ3n) is 6.28. The number of epoxide rings is 1. The fourth-order valence-corrected chi connectivity index (χ4v) is 4.98. The second-order valence-corrected chi connectivity index (χ2v) is 19.8. The van der Waals surface area contributed by atoms with Crippen LogP contribution < -0.4 is 0 Å². The summed E-state index contributed by atoms with van der Waals surface area (Å²) in [5.41, 5.74) is 0. The highest BCUT2D eigenvalue weighted by Gasteiger charge is 2.66. The van der Waals surface area contributed by atoms with Gasteiger partial charge in [-0.2, -0.15) is 0 Å². The van der Waals surface area contributed by atoms with Crippen molar-refractivity contribution in [2.45, 2.75) is 102 Å². The molecular formula is C17H35BO4Si2. The first kappa shape index (κ1) is 20.6. The summed E-state index contributed by atoms with van der Waals surface area (Å²) in [6.45, 7) is 22.9. The minimum atomic E-state index is -1.99. The van der Waals surface area contributed by atoms with Crippen molar-refractivity contribution in [1.82, 2.24) is 0 Å². The normalized spacial score (nSPS) is 34.8. The monoisotopic (exact) mass is 370 g/mol. The quantitative estimate of drug-likeness (QED) is 0.554. The van der Waals surface area contributed by atoms with E-state index in [9.17, 15) is 0 Å². The van der Waals surface area contributed by atoms with Crippen molar-refractivity contribution >= 4 is 24.5 Å². The first-order valence-electron chi connectivity index (χ1n) is 8.95. The lowest BCUT2D eigenvalue weighted by molar-refractivity contribution is -0.0593. The maximum absolute atomic E-state index is 6.69. The van der Waals surface area contributed by atoms with Crippen molar-refractivity contribution < 1.29 is 18.3 Å². The Kier molecular flexibility index (Phi) is 5.10. The van der Waals surface area contributed by atoms with Gasteiger partial charge in [-0.15, -0.1) is 0 Å². The van der Waals surface area contributed by atoms with Crippen LogP contribution in [0.4, 0.5) is 0 Å². The molecule has 2 saturated heterocycles. The van der Waals surface area contributed by atoms with E-state index in [1.807, 2.05) is 0 Å². The molecule has 0 aliphatic carbocycles. The summed E-state index contributed by atoms with van der Waals surface area (Å²) in [5, 5.41) is 0.214. The molecular weight excluding hydrogens is 335 g/mol. The zero-order valence-corrected chi connectivity index (χ0v) is 19.1. The Balaban J connectivity index is 2.26. The molecule has 0 N–H and O–H groups in total. The van der Waals surface area contributed by atoms with Crippen molar-refractivity contribution in [3.8, 4) is 0 Å². The first-order chi connectivity index (χ1) is 10.5. The van der Waals surface area contributed by atoms with Gasteiger partial charge in [-0.25, -0.2) is 0 Å². The molecule has 4 atom stereocenters. The van der Waals surface area contributed by atoms with Crippen LogP contribution in [0, 0.1) is 0 Å². The minimum absolute atomic E-state index is 0.106. The van der Waals surface area contributed by atoms with E-state index in [1.54, 1.807) is 0 Å². The lowest BCUT2D eigenvalue weighted by Gasteiger charge is -2.43. The Morgan fingerprint density at radius 3 is 1.71 bits per heavy atom.